The van der Waals surface area contributed by atoms with Gasteiger partial charge in [0.15, 0.2) is 17.3 Å². The molecule has 1 aliphatic heterocycles. The number of rotatable bonds is 8. The van der Waals surface area contributed by atoms with Gasteiger partial charge in [-0.2, -0.15) is 0 Å². The second-order valence-electron chi connectivity index (χ2n) is 10.7. The van der Waals surface area contributed by atoms with Gasteiger partial charge in [0.05, 0.1) is 22.2 Å². The third kappa shape index (κ3) is 4.08. The maximum absolute atomic E-state index is 13.9. The van der Waals surface area contributed by atoms with Crippen molar-refractivity contribution in [2.45, 2.75) is 58.8 Å². The van der Waals surface area contributed by atoms with Gasteiger partial charge in [-0.05, 0) is 52.7 Å². The molecule has 40 heavy (non-hydrogen) atoms. The summed E-state index contributed by atoms with van der Waals surface area (Å²) in [5, 5.41) is 24.7. The lowest BCUT2D eigenvalue weighted by Crippen LogP contribution is -2.41. The zero-order valence-electron chi connectivity index (χ0n) is 23.3. The average molecular weight is 544 g/mol. The van der Waals surface area contributed by atoms with Crippen molar-refractivity contribution < 1.29 is 29.3 Å². The van der Waals surface area contributed by atoms with Crippen LogP contribution in [0, 0.1) is 6.92 Å². The molecule has 0 saturated heterocycles. The molecule has 9 nitrogen and oxygen atoms in total. The molecule has 3 N–H and O–H groups in total. The molecule has 9 heteroatoms. The zero-order chi connectivity index (χ0) is 28.9. The van der Waals surface area contributed by atoms with Crippen LogP contribution in [-0.4, -0.2) is 43.7 Å². The van der Waals surface area contributed by atoms with E-state index in [0.29, 0.717) is 12.2 Å². The fourth-order valence-corrected chi connectivity index (χ4v) is 5.73. The molecule has 5 rings (SSSR count). The smallest absolute Gasteiger partial charge is 0.194 e. The van der Waals surface area contributed by atoms with Gasteiger partial charge in [-0.15, -0.1) is 0 Å². The SMILES string of the molecule is CC(=O)c1c(O)c(C)c(O)c2c1OC1=CC(=O)/C(=C(/C)NCCCCCc3nc4ccccc4n3C)C(=O)[C@]12C. The summed E-state index contributed by atoms with van der Waals surface area (Å²) in [5.74, 6) is -1.29. The van der Waals surface area contributed by atoms with Crippen molar-refractivity contribution in [3.8, 4) is 17.2 Å². The van der Waals surface area contributed by atoms with Crippen molar-refractivity contribution >= 4 is 28.4 Å². The lowest BCUT2D eigenvalue weighted by molar-refractivity contribution is -0.123. The van der Waals surface area contributed by atoms with Gasteiger partial charge in [0.25, 0.3) is 0 Å². The van der Waals surface area contributed by atoms with Crippen LogP contribution in [0.3, 0.4) is 0 Å². The molecular formula is C31H33N3O6. The molecule has 1 aromatic heterocycles. The Balaban J connectivity index is 1.30. The second-order valence-corrected chi connectivity index (χ2v) is 10.7. The summed E-state index contributed by atoms with van der Waals surface area (Å²) >= 11 is 0. The van der Waals surface area contributed by atoms with Crippen molar-refractivity contribution in [3.05, 3.63) is 69.9 Å². The minimum absolute atomic E-state index is 0.0168. The van der Waals surface area contributed by atoms with Crippen molar-refractivity contribution in [2.24, 2.45) is 7.05 Å². The molecule has 0 amide bonds. The number of benzene rings is 2. The van der Waals surface area contributed by atoms with Crippen LogP contribution in [0.15, 0.2) is 47.4 Å². The molecule has 1 aliphatic carbocycles. The van der Waals surface area contributed by atoms with Crippen molar-refractivity contribution in [1.29, 1.82) is 0 Å². The van der Waals surface area contributed by atoms with Crippen molar-refractivity contribution in [1.82, 2.24) is 14.9 Å². The number of ketones is 3. The molecule has 0 unspecified atom stereocenters. The number of hydrogen-bond acceptors (Lipinski definition) is 8. The van der Waals surface area contributed by atoms with E-state index < -0.39 is 28.5 Å². The summed E-state index contributed by atoms with van der Waals surface area (Å²) in [4.78, 5) is 44.0. The van der Waals surface area contributed by atoms with E-state index in [2.05, 4.69) is 16.0 Å². The van der Waals surface area contributed by atoms with Crippen LogP contribution < -0.4 is 10.1 Å². The zero-order valence-corrected chi connectivity index (χ0v) is 23.3. The van der Waals surface area contributed by atoms with E-state index >= 15 is 0 Å². The highest BCUT2D eigenvalue weighted by atomic mass is 16.5. The molecule has 208 valence electrons. The Kier molecular flexibility index (Phi) is 6.77. The van der Waals surface area contributed by atoms with E-state index in [9.17, 15) is 24.6 Å². The van der Waals surface area contributed by atoms with Gasteiger partial charge in [0, 0.05) is 37.3 Å². The van der Waals surface area contributed by atoms with Crippen LogP contribution in [0.2, 0.25) is 0 Å². The predicted molar refractivity (Wildman–Crippen MR) is 150 cm³/mol. The number of Topliss-reactive ketones (excluding diaryl/α,β-unsaturated/α-hetero) is 2. The molecule has 0 saturated carbocycles. The Hall–Kier alpha value is -4.40. The number of para-hydroxylation sites is 2. The quantitative estimate of drug-likeness (QED) is 0.164. The maximum atomic E-state index is 13.9. The number of aryl methyl sites for hydroxylation is 2. The highest BCUT2D eigenvalue weighted by Gasteiger charge is 2.56. The molecule has 0 bridgehead atoms. The van der Waals surface area contributed by atoms with Gasteiger partial charge in [0.1, 0.15) is 39.8 Å². The largest absolute Gasteiger partial charge is 0.507 e. The summed E-state index contributed by atoms with van der Waals surface area (Å²) in [6.07, 6.45) is 4.81. The first-order valence-corrected chi connectivity index (χ1v) is 13.4. The summed E-state index contributed by atoms with van der Waals surface area (Å²) < 4.78 is 7.93. The first-order valence-electron chi connectivity index (χ1n) is 13.4. The molecule has 2 heterocycles. The first-order chi connectivity index (χ1) is 19.0. The highest BCUT2D eigenvalue weighted by Crippen LogP contribution is 2.57. The number of nitrogens with zero attached hydrogens (tertiary/aromatic N) is 2. The fraction of sp³-hybridized carbons (Fsp3) is 0.355. The standard InChI is InChI=1S/C31H33N3O6/c1-16-27(37)25(18(3)35)29-26(28(16)38)31(4)22(40-29)15-21(36)24(30(31)39)17(2)32-14-10-6-7-13-23-33-19-11-8-9-12-20(19)34(23)5/h8-9,11-12,15,32,37-38H,6-7,10,13-14H2,1-5H3/b24-17+/t31-/m1/s1. The number of carbonyl (C=O) groups is 3. The lowest BCUT2D eigenvalue weighted by atomic mass is 9.70. The number of aromatic nitrogens is 2. The minimum atomic E-state index is -1.51. The number of unbranched alkanes of at least 4 members (excludes halogenated alkanes) is 2. The summed E-state index contributed by atoms with van der Waals surface area (Å²) in [5.41, 5.74) is 1.05. The third-order valence-corrected chi connectivity index (χ3v) is 8.11. The van der Waals surface area contributed by atoms with Gasteiger partial charge in [-0.25, -0.2) is 4.98 Å². The van der Waals surface area contributed by atoms with Crippen LogP contribution in [0.25, 0.3) is 11.0 Å². The highest BCUT2D eigenvalue weighted by molar-refractivity contribution is 6.31. The summed E-state index contributed by atoms with van der Waals surface area (Å²) in [7, 11) is 2.03. The van der Waals surface area contributed by atoms with Crippen LogP contribution in [0.1, 0.15) is 67.3 Å². The van der Waals surface area contributed by atoms with Crippen molar-refractivity contribution in [3.63, 3.8) is 0 Å². The molecule has 0 radical (unpaired) electrons. The number of nitrogens with one attached hydrogen (secondary N) is 1. The summed E-state index contributed by atoms with van der Waals surface area (Å²) in [6.45, 7) is 6.55. The van der Waals surface area contributed by atoms with E-state index in [1.165, 1.54) is 19.9 Å². The first kappa shape index (κ1) is 27.2. The third-order valence-electron chi connectivity index (χ3n) is 8.11. The number of allylic oxidation sites excluding steroid dienone is 4. The number of phenols is 2. The monoisotopic (exact) mass is 543 g/mol. The Morgan fingerprint density at radius 1 is 1.10 bits per heavy atom. The average Bonchev–Trinajstić information content (AvgIpc) is 3.39. The predicted octanol–water partition coefficient (Wildman–Crippen LogP) is 4.46. The number of fused-ring (bicyclic) bond motifs is 4. The van der Waals surface area contributed by atoms with Gasteiger partial charge in [0.2, 0.25) is 0 Å². The molecule has 2 aromatic carbocycles. The minimum Gasteiger partial charge on any atom is -0.507 e. The normalized spacial score (nSPS) is 19.3. The number of hydrogen-bond donors (Lipinski definition) is 3. The topological polar surface area (TPSA) is 131 Å². The molecule has 0 fully saturated rings. The number of carbonyl (C=O) groups excluding carboxylic acids is 3. The van der Waals surface area contributed by atoms with Gasteiger partial charge in [-0.1, -0.05) is 18.6 Å². The molecule has 2 aliphatic rings. The Morgan fingerprint density at radius 3 is 2.52 bits per heavy atom. The molecule has 0 spiro atoms. The van der Waals surface area contributed by atoms with Gasteiger partial charge in [-0.3, -0.25) is 14.4 Å². The number of ether oxygens (including phenoxy) is 1. The second kappa shape index (κ2) is 9.97. The summed E-state index contributed by atoms with van der Waals surface area (Å²) in [6, 6.07) is 8.06. The van der Waals surface area contributed by atoms with E-state index in [4.69, 9.17) is 9.72 Å². The van der Waals surface area contributed by atoms with Crippen LogP contribution in [0.5, 0.6) is 17.2 Å². The molecule has 3 aromatic rings. The van der Waals surface area contributed by atoms with E-state index in [-0.39, 0.29) is 39.5 Å². The number of imidazole rings is 1. The Labute approximate surface area is 232 Å². The Morgan fingerprint density at radius 2 is 1.82 bits per heavy atom. The Bertz CT molecular complexity index is 1660. The van der Waals surface area contributed by atoms with E-state index in [0.717, 1.165) is 42.5 Å². The van der Waals surface area contributed by atoms with Crippen LogP contribution in [-0.2, 0) is 28.5 Å². The maximum Gasteiger partial charge on any atom is 0.194 e. The molecule has 1 atom stereocenters. The lowest BCUT2D eigenvalue weighted by Gasteiger charge is -2.29. The van der Waals surface area contributed by atoms with Gasteiger partial charge < -0.3 is 24.8 Å². The molecular weight excluding hydrogens is 510 g/mol. The number of aromatic hydroxyl groups is 2. The van der Waals surface area contributed by atoms with E-state index in [1.807, 2.05) is 25.2 Å². The number of phenolic OH excluding ortho intramolecular Hbond substituents is 2. The van der Waals surface area contributed by atoms with E-state index in [1.54, 1.807) is 13.8 Å². The van der Waals surface area contributed by atoms with Crippen LogP contribution in [0.4, 0.5) is 0 Å². The fourth-order valence-electron chi connectivity index (χ4n) is 5.73. The van der Waals surface area contributed by atoms with Crippen LogP contribution >= 0.6 is 0 Å². The van der Waals surface area contributed by atoms with Gasteiger partial charge >= 0.3 is 0 Å². The van der Waals surface area contributed by atoms with Crippen molar-refractivity contribution in [2.75, 3.05) is 6.54 Å².